The molecule has 3 saturated heterocycles. The fourth-order valence-electron chi connectivity index (χ4n) is 7.27. The Labute approximate surface area is 188 Å². The van der Waals surface area contributed by atoms with Crippen LogP contribution in [0.3, 0.4) is 0 Å². The fraction of sp³-hybridized carbons (Fsp3) is 0.846. The van der Waals surface area contributed by atoms with Crippen molar-refractivity contribution in [3.05, 3.63) is 17.7 Å². The van der Waals surface area contributed by atoms with Gasteiger partial charge in [-0.15, -0.1) is 0 Å². The number of hydrogen-bond donors (Lipinski definition) is 1. The maximum absolute atomic E-state index is 13.1. The van der Waals surface area contributed by atoms with E-state index in [9.17, 15) is 4.79 Å². The van der Waals surface area contributed by atoms with Crippen LogP contribution in [0.5, 0.6) is 0 Å². The first-order valence-electron chi connectivity index (χ1n) is 13.3. The number of carbonyl (C=O) groups is 1. The van der Waals surface area contributed by atoms with E-state index in [1.807, 2.05) is 0 Å². The Morgan fingerprint density at radius 3 is 2.77 bits per heavy atom. The Kier molecular flexibility index (Phi) is 6.68. The van der Waals surface area contributed by atoms with Crippen molar-refractivity contribution in [2.45, 2.75) is 109 Å². The number of aromatic amines is 1. The lowest BCUT2D eigenvalue weighted by Gasteiger charge is -2.57. The third kappa shape index (κ3) is 4.72. The average molecular weight is 427 g/mol. The van der Waals surface area contributed by atoms with Crippen molar-refractivity contribution in [1.82, 2.24) is 19.8 Å². The Bertz CT molecular complexity index is 740. The number of piperidine rings is 3. The van der Waals surface area contributed by atoms with Crippen molar-refractivity contribution in [1.29, 1.82) is 0 Å². The molecule has 4 fully saturated rings. The number of carbonyl (C=O) groups excluding carboxylic acids is 1. The summed E-state index contributed by atoms with van der Waals surface area (Å²) in [5.74, 6) is 3.77. The van der Waals surface area contributed by atoms with E-state index in [1.165, 1.54) is 69.9 Å². The second-order valence-electron chi connectivity index (χ2n) is 11.0. The lowest BCUT2D eigenvalue weighted by Crippen LogP contribution is -2.65. The van der Waals surface area contributed by atoms with Gasteiger partial charge in [0.15, 0.2) is 0 Å². The number of rotatable bonds is 7. The monoisotopic (exact) mass is 426 g/mol. The van der Waals surface area contributed by atoms with E-state index in [0.29, 0.717) is 29.8 Å². The summed E-state index contributed by atoms with van der Waals surface area (Å²) < 4.78 is 0. The first-order valence-corrected chi connectivity index (χ1v) is 13.3. The van der Waals surface area contributed by atoms with Crippen LogP contribution >= 0.6 is 0 Å². The minimum atomic E-state index is 0.467. The molecule has 0 radical (unpaired) electrons. The van der Waals surface area contributed by atoms with Crippen LogP contribution in [-0.2, 0) is 17.8 Å². The van der Waals surface area contributed by atoms with Gasteiger partial charge in [-0.3, -0.25) is 9.69 Å². The molecule has 4 aliphatic rings. The standard InChI is InChI=1S/C26H42N4O/c1-2-3-11-25-27-15-22(28-25)18-29-16-20-14-21(17-29)24(13-19-8-5-4-6-9-19)30-23(20)10-7-12-26(30)31/h15,19-21,23-24H,2-14,16-18H2,1H3,(H,27,28)/t20-,21+,23+,24+/m1/s1. The van der Waals surface area contributed by atoms with Crippen LogP contribution in [0.1, 0.15) is 95.5 Å². The number of imidazole rings is 1. The van der Waals surface area contributed by atoms with Crippen molar-refractivity contribution in [2.24, 2.45) is 17.8 Å². The number of aromatic nitrogens is 2. The van der Waals surface area contributed by atoms with Crippen molar-refractivity contribution in [3.8, 4) is 0 Å². The molecule has 1 amide bonds. The quantitative estimate of drug-likeness (QED) is 0.673. The molecule has 5 nitrogen and oxygen atoms in total. The van der Waals surface area contributed by atoms with Gasteiger partial charge >= 0.3 is 0 Å². The highest BCUT2D eigenvalue weighted by atomic mass is 16.2. The molecule has 1 aliphatic carbocycles. The molecule has 31 heavy (non-hydrogen) atoms. The molecule has 0 aromatic carbocycles. The molecule has 1 saturated carbocycles. The Morgan fingerprint density at radius 1 is 1.10 bits per heavy atom. The number of amides is 1. The number of nitrogens with one attached hydrogen (secondary N) is 1. The number of fused-ring (bicyclic) bond motifs is 4. The minimum Gasteiger partial charge on any atom is -0.345 e. The number of hydrogen-bond acceptors (Lipinski definition) is 3. The van der Waals surface area contributed by atoms with E-state index >= 15 is 0 Å². The maximum atomic E-state index is 13.1. The zero-order valence-electron chi connectivity index (χ0n) is 19.5. The Morgan fingerprint density at radius 2 is 1.94 bits per heavy atom. The molecule has 1 N–H and O–H groups in total. The molecule has 172 valence electrons. The molecule has 0 unspecified atom stereocenters. The van der Waals surface area contributed by atoms with Gasteiger partial charge in [-0.2, -0.15) is 0 Å². The van der Waals surface area contributed by atoms with Gasteiger partial charge in [-0.1, -0.05) is 45.4 Å². The van der Waals surface area contributed by atoms with Gasteiger partial charge in [-0.05, 0) is 49.9 Å². The van der Waals surface area contributed by atoms with Crippen molar-refractivity contribution >= 4 is 5.91 Å². The van der Waals surface area contributed by atoms with Crippen LogP contribution < -0.4 is 0 Å². The Balaban J connectivity index is 1.30. The summed E-state index contributed by atoms with van der Waals surface area (Å²) in [5, 5.41) is 0. The lowest BCUT2D eigenvalue weighted by atomic mass is 9.69. The molecule has 0 spiro atoms. The summed E-state index contributed by atoms with van der Waals surface area (Å²) in [6.45, 7) is 5.51. The minimum absolute atomic E-state index is 0.467. The molecule has 3 aliphatic heterocycles. The molecular weight excluding hydrogens is 384 g/mol. The molecule has 4 atom stereocenters. The van der Waals surface area contributed by atoms with E-state index in [4.69, 9.17) is 0 Å². The zero-order valence-corrected chi connectivity index (χ0v) is 19.5. The molecule has 5 heteroatoms. The van der Waals surface area contributed by atoms with Crippen molar-refractivity contribution < 1.29 is 4.79 Å². The summed E-state index contributed by atoms with van der Waals surface area (Å²) in [5.41, 5.74) is 1.27. The highest BCUT2D eigenvalue weighted by Crippen LogP contribution is 2.44. The third-order valence-corrected chi connectivity index (χ3v) is 8.71. The van der Waals surface area contributed by atoms with E-state index < -0.39 is 0 Å². The summed E-state index contributed by atoms with van der Waals surface area (Å²) in [7, 11) is 0. The third-order valence-electron chi connectivity index (χ3n) is 8.71. The molecule has 1 aromatic rings. The van der Waals surface area contributed by atoms with E-state index in [0.717, 1.165) is 50.6 Å². The summed E-state index contributed by atoms with van der Waals surface area (Å²) in [6.07, 6.45) is 18.2. The zero-order chi connectivity index (χ0) is 21.2. The van der Waals surface area contributed by atoms with Crippen LogP contribution in [-0.4, -0.2) is 50.8 Å². The summed E-state index contributed by atoms with van der Waals surface area (Å²) in [4.78, 5) is 26.4. The average Bonchev–Trinajstić information content (AvgIpc) is 3.23. The van der Waals surface area contributed by atoms with Gasteiger partial charge in [0, 0.05) is 56.5 Å². The molecule has 4 heterocycles. The van der Waals surface area contributed by atoms with Gasteiger partial charge in [-0.25, -0.2) is 4.98 Å². The highest BCUT2D eigenvalue weighted by molar-refractivity contribution is 5.78. The van der Waals surface area contributed by atoms with E-state index in [-0.39, 0.29) is 0 Å². The summed E-state index contributed by atoms with van der Waals surface area (Å²) >= 11 is 0. The smallest absolute Gasteiger partial charge is 0.223 e. The number of likely N-dealkylation sites (tertiary alicyclic amines) is 1. The predicted octanol–water partition coefficient (Wildman–Crippen LogP) is 4.92. The molecule has 2 bridgehead atoms. The number of unbranched alkanes of at least 4 members (excludes halogenated alkanes) is 1. The van der Waals surface area contributed by atoms with E-state index in [1.54, 1.807) is 0 Å². The van der Waals surface area contributed by atoms with Gasteiger partial charge < -0.3 is 9.88 Å². The topological polar surface area (TPSA) is 52.2 Å². The normalized spacial score (nSPS) is 32.3. The van der Waals surface area contributed by atoms with Gasteiger partial charge in [0.2, 0.25) is 5.91 Å². The highest BCUT2D eigenvalue weighted by Gasteiger charge is 2.49. The second kappa shape index (κ2) is 9.64. The van der Waals surface area contributed by atoms with Gasteiger partial charge in [0.25, 0.3) is 0 Å². The summed E-state index contributed by atoms with van der Waals surface area (Å²) in [6, 6.07) is 0.984. The number of H-pyrrole nitrogens is 1. The van der Waals surface area contributed by atoms with Crippen molar-refractivity contribution in [3.63, 3.8) is 0 Å². The Hall–Kier alpha value is -1.36. The van der Waals surface area contributed by atoms with Gasteiger partial charge in [0.05, 0.1) is 0 Å². The largest absolute Gasteiger partial charge is 0.345 e. The first kappa shape index (κ1) is 21.5. The predicted molar refractivity (Wildman–Crippen MR) is 124 cm³/mol. The maximum Gasteiger partial charge on any atom is 0.223 e. The SMILES string of the molecule is CCCCc1ncc(CN2C[C@H]3C[C@@H](C2)[C@H](CC2CCCCC2)N2C(=O)CCC[C@@H]32)[nH]1. The van der Waals surface area contributed by atoms with Crippen molar-refractivity contribution in [2.75, 3.05) is 13.1 Å². The molecular formula is C26H42N4O. The second-order valence-corrected chi connectivity index (χ2v) is 11.0. The van der Waals surface area contributed by atoms with Crippen LogP contribution in [0.25, 0.3) is 0 Å². The van der Waals surface area contributed by atoms with Crippen LogP contribution in [0.4, 0.5) is 0 Å². The van der Waals surface area contributed by atoms with Crippen LogP contribution in [0, 0.1) is 17.8 Å². The van der Waals surface area contributed by atoms with Gasteiger partial charge in [0.1, 0.15) is 5.82 Å². The molecule has 1 aromatic heterocycles. The number of nitrogens with zero attached hydrogens (tertiary/aromatic N) is 3. The molecule has 5 rings (SSSR count). The van der Waals surface area contributed by atoms with E-state index in [2.05, 4.69) is 32.9 Å². The number of aryl methyl sites for hydroxylation is 1. The first-order chi connectivity index (χ1) is 15.2. The van der Waals surface area contributed by atoms with Crippen LogP contribution in [0.15, 0.2) is 6.20 Å². The lowest BCUT2D eigenvalue weighted by molar-refractivity contribution is -0.154. The fourth-order valence-corrected chi connectivity index (χ4v) is 7.27. The van der Waals surface area contributed by atoms with Crippen LogP contribution in [0.2, 0.25) is 0 Å².